The fourth-order valence-corrected chi connectivity index (χ4v) is 5.53. The van der Waals surface area contributed by atoms with Gasteiger partial charge in [0.05, 0.1) is 0 Å². The molecule has 0 bridgehead atoms. The maximum absolute atomic E-state index is 13.2. The molecule has 39 heavy (non-hydrogen) atoms. The number of alkyl carbamates (subject to hydrolysis) is 1. The Morgan fingerprint density at radius 3 is 2.18 bits per heavy atom. The van der Waals surface area contributed by atoms with E-state index in [1.807, 2.05) is 36.4 Å². The number of urea groups is 1. The highest BCUT2D eigenvalue weighted by atomic mass is 16.6. The molecule has 0 unspecified atom stereocenters. The Bertz CT molecular complexity index is 1250. The van der Waals surface area contributed by atoms with Gasteiger partial charge in [-0.1, -0.05) is 48.5 Å². The van der Waals surface area contributed by atoms with Gasteiger partial charge in [0.2, 0.25) is 0 Å². The van der Waals surface area contributed by atoms with Crippen molar-refractivity contribution in [2.45, 2.75) is 50.7 Å². The third-order valence-electron chi connectivity index (χ3n) is 7.46. The first-order valence-electron chi connectivity index (χ1n) is 13.3. The molecule has 2 heterocycles. The molecule has 1 spiro atoms. The smallest absolute Gasteiger partial charge is 0.410 e. The average Bonchev–Trinajstić information content (AvgIpc) is 3.33. The molecule has 0 radical (unpaired) electrons. The van der Waals surface area contributed by atoms with Gasteiger partial charge in [-0.2, -0.15) is 0 Å². The molecule has 0 saturated carbocycles. The minimum absolute atomic E-state index is 0.0202. The Labute approximate surface area is 227 Å². The molecule has 2 aliphatic heterocycles. The van der Waals surface area contributed by atoms with Crippen LogP contribution in [0.1, 0.15) is 50.7 Å². The fourth-order valence-electron chi connectivity index (χ4n) is 5.53. The van der Waals surface area contributed by atoms with Gasteiger partial charge in [0, 0.05) is 32.1 Å². The zero-order valence-corrected chi connectivity index (χ0v) is 22.5. The minimum atomic E-state index is -1.04. The molecule has 2 aromatic carbocycles. The van der Waals surface area contributed by atoms with Crippen molar-refractivity contribution in [3.8, 4) is 11.1 Å². The molecule has 1 aliphatic carbocycles. The number of piperidine rings is 1. The average molecular weight is 535 g/mol. The van der Waals surface area contributed by atoms with Crippen molar-refractivity contribution >= 4 is 24.1 Å². The highest BCUT2D eigenvalue weighted by molar-refractivity contribution is 6.07. The maximum atomic E-state index is 13.2. The quantitative estimate of drug-likeness (QED) is 0.563. The second-order valence-corrected chi connectivity index (χ2v) is 11.2. The van der Waals surface area contributed by atoms with Crippen molar-refractivity contribution in [1.29, 1.82) is 0 Å². The second kappa shape index (κ2) is 10.2. The maximum Gasteiger partial charge on any atom is 0.410 e. The third kappa shape index (κ3) is 5.28. The van der Waals surface area contributed by atoms with Gasteiger partial charge < -0.3 is 25.0 Å². The van der Waals surface area contributed by atoms with E-state index in [1.165, 1.54) is 0 Å². The number of rotatable bonds is 5. The van der Waals surface area contributed by atoms with Gasteiger partial charge in [0.1, 0.15) is 17.7 Å². The Balaban J connectivity index is 1.10. The van der Waals surface area contributed by atoms with Crippen molar-refractivity contribution < 1.29 is 28.7 Å². The van der Waals surface area contributed by atoms with Crippen LogP contribution >= 0.6 is 0 Å². The number of hydrogen-bond donors (Lipinski definition) is 2. The summed E-state index contributed by atoms with van der Waals surface area (Å²) in [4.78, 5) is 53.3. The number of imide groups is 1. The summed E-state index contributed by atoms with van der Waals surface area (Å²) < 4.78 is 10.9. The van der Waals surface area contributed by atoms with Crippen LogP contribution in [0.15, 0.2) is 48.5 Å². The first-order valence-corrected chi connectivity index (χ1v) is 13.3. The lowest BCUT2D eigenvalue weighted by atomic mass is 9.87. The van der Waals surface area contributed by atoms with Crippen LogP contribution in [-0.4, -0.2) is 77.9 Å². The molecule has 2 N–H and O–H groups in total. The monoisotopic (exact) mass is 534 g/mol. The number of nitrogens with one attached hydrogen (secondary N) is 2. The number of benzene rings is 2. The molecule has 0 aromatic heterocycles. The number of hydrogen-bond acceptors (Lipinski definition) is 6. The van der Waals surface area contributed by atoms with E-state index in [-0.39, 0.29) is 31.5 Å². The summed E-state index contributed by atoms with van der Waals surface area (Å²) in [6.07, 6.45) is -0.442. The zero-order chi connectivity index (χ0) is 27.8. The lowest BCUT2D eigenvalue weighted by Crippen LogP contribution is -2.56. The van der Waals surface area contributed by atoms with Gasteiger partial charge in [-0.05, 0) is 55.9 Å². The predicted molar refractivity (Wildman–Crippen MR) is 143 cm³/mol. The van der Waals surface area contributed by atoms with Crippen molar-refractivity contribution in [1.82, 2.24) is 20.4 Å². The topological polar surface area (TPSA) is 117 Å². The largest absolute Gasteiger partial charge is 0.449 e. The van der Waals surface area contributed by atoms with Crippen LogP contribution in [-0.2, 0) is 14.3 Å². The van der Waals surface area contributed by atoms with Crippen LogP contribution in [0.4, 0.5) is 14.4 Å². The molecule has 5 amide bonds. The van der Waals surface area contributed by atoms with E-state index < -0.39 is 29.4 Å². The van der Waals surface area contributed by atoms with Crippen molar-refractivity contribution in [2.24, 2.45) is 0 Å². The van der Waals surface area contributed by atoms with Gasteiger partial charge in [-0.3, -0.25) is 9.69 Å². The highest BCUT2D eigenvalue weighted by Crippen LogP contribution is 2.44. The van der Waals surface area contributed by atoms with Crippen LogP contribution in [0, 0.1) is 0 Å². The molecule has 2 saturated heterocycles. The number of carbonyl (C=O) groups excluding carboxylic acids is 4. The third-order valence-corrected chi connectivity index (χ3v) is 7.46. The van der Waals surface area contributed by atoms with E-state index in [1.54, 1.807) is 25.7 Å². The summed E-state index contributed by atoms with van der Waals surface area (Å²) >= 11 is 0. The van der Waals surface area contributed by atoms with Gasteiger partial charge in [0.15, 0.2) is 0 Å². The first kappa shape index (κ1) is 26.5. The van der Waals surface area contributed by atoms with E-state index in [0.29, 0.717) is 25.9 Å². The summed E-state index contributed by atoms with van der Waals surface area (Å²) in [5, 5.41) is 5.46. The van der Waals surface area contributed by atoms with Gasteiger partial charge in [-0.15, -0.1) is 0 Å². The van der Waals surface area contributed by atoms with Crippen LogP contribution in [0.3, 0.4) is 0 Å². The van der Waals surface area contributed by atoms with Gasteiger partial charge in [0.25, 0.3) is 5.91 Å². The van der Waals surface area contributed by atoms with Gasteiger partial charge in [-0.25, -0.2) is 14.4 Å². The van der Waals surface area contributed by atoms with Gasteiger partial charge >= 0.3 is 18.2 Å². The molecule has 10 heteroatoms. The van der Waals surface area contributed by atoms with Crippen molar-refractivity contribution in [2.75, 3.05) is 32.8 Å². The Kier molecular flexibility index (Phi) is 6.96. The zero-order valence-electron chi connectivity index (χ0n) is 22.5. The van der Waals surface area contributed by atoms with Crippen LogP contribution < -0.4 is 10.6 Å². The number of nitrogens with zero attached hydrogens (tertiary/aromatic N) is 2. The van der Waals surface area contributed by atoms with Crippen molar-refractivity contribution in [3.63, 3.8) is 0 Å². The highest BCUT2D eigenvalue weighted by Gasteiger charge is 2.52. The summed E-state index contributed by atoms with van der Waals surface area (Å²) in [7, 11) is 0. The van der Waals surface area contributed by atoms with E-state index in [9.17, 15) is 19.2 Å². The molecule has 0 atom stereocenters. The Morgan fingerprint density at radius 1 is 1.00 bits per heavy atom. The summed E-state index contributed by atoms with van der Waals surface area (Å²) in [5.74, 6) is -0.397. The molecular weight excluding hydrogens is 500 g/mol. The van der Waals surface area contributed by atoms with E-state index in [0.717, 1.165) is 27.2 Å². The normalized spacial score (nSPS) is 18.0. The van der Waals surface area contributed by atoms with Crippen molar-refractivity contribution in [3.05, 3.63) is 59.7 Å². The lowest BCUT2D eigenvalue weighted by molar-refractivity contribution is -0.133. The number of carbonyl (C=O) groups is 4. The summed E-state index contributed by atoms with van der Waals surface area (Å²) in [6, 6.07) is 15.7. The van der Waals surface area contributed by atoms with E-state index in [4.69, 9.17) is 9.47 Å². The molecular formula is C29H34N4O6. The molecule has 206 valence electrons. The molecule has 2 fully saturated rings. The standard InChI is InChI=1S/C29H34N4O6/c1-28(2,3)39-27(37)32-15-12-29(13-16-32)24(34)33(25(35)31-29)17-14-30-26(36)38-18-23-21-10-6-4-8-19(21)20-9-5-7-11-22(20)23/h4-11,23H,12-18H2,1-3H3,(H,30,36)(H,31,35). The Hall–Kier alpha value is -4.08. The number of amides is 5. The van der Waals surface area contributed by atoms with E-state index in [2.05, 4.69) is 22.8 Å². The number of ether oxygens (including phenoxy) is 2. The molecule has 2 aromatic rings. The lowest BCUT2D eigenvalue weighted by Gasteiger charge is -2.37. The molecule has 3 aliphatic rings. The van der Waals surface area contributed by atoms with Crippen LogP contribution in [0.5, 0.6) is 0 Å². The summed E-state index contributed by atoms with van der Waals surface area (Å²) in [5.41, 5.74) is 2.88. The fraction of sp³-hybridized carbons (Fsp3) is 0.448. The predicted octanol–water partition coefficient (Wildman–Crippen LogP) is 3.85. The SMILES string of the molecule is CC(C)(C)OC(=O)N1CCC2(CC1)NC(=O)N(CCNC(=O)OCC1c3ccccc3-c3ccccc31)C2=O. The number of fused-ring (bicyclic) bond motifs is 3. The minimum Gasteiger partial charge on any atom is -0.449 e. The van der Waals surface area contributed by atoms with E-state index >= 15 is 0 Å². The van der Waals surface area contributed by atoms with Crippen LogP contribution in [0.25, 0.3) is 11.1 Å². The molecule has 10 nitrogen and oxygen atoms in total. The second-order valence-electron chi connectivity index (χ2n) is 11.2. The number of likely N-dealkylation sites (tertiary alicyclic amines) is 1. The first-order chi connectivity index (χ1) is 18.6. The Morgan fingerprint density at radius 2 is 1.59 bits per heavy atom. The molecule has 5 rings (SSSR count). The summed E-state index contributed by atoms with van der Waals surface area (Å²) in [6.45, 7) is 6.25. The van der Waals surface area contributed by atoms with Crippen LogP contribution in [0.2, 0.25) is 0 Å².